The summed E-state index contributed by atoms with van der Waals surface area (Å²) in [6.45, 7) is 4.06. The minimum Gasteiger partial charge on any atom is -0.496 e. The lowest BCUT2D eigenvalue weighted by Crippen LogP contribution is -2.15. The number of benzene rings is 2. The van der Waals surface area contributed by atoms with Crippen LogP contribution >= 0.6 is 0 Å². The van der Waals surface area contributed by atoms with Crippen molar-refractivity contribution >= 4 is 18.7 Å². The third-order valence-corrected chi connectivity index (χ3v) is 4.09. The van der Waals surface area contributed by atoms with Crippen molar-refractivity contribution in [1.82, 2.24) is 0 Å². The fraction of sp³-hybridized carbons (Fsp3) is 0.278. The van der Waals surface area contributed by atoms with Crippen LogP contribution in [0.15, 0.2) is 36.4 Å². The molecule has 1 N–H and O–H groups in total. The standard InChI is InChI=1S/C18H21BO3/c1-12-13(5-4-6-17(12)22-3)7-8-14-9-10-15(19-2)11-16(14)18(20)21/h4-6,9-11,19H,7-8H2,1-3H3,(H,20,21). The van der Waals surface area contributed by atoms with Gasteiger partial charge in [-0.25, -0.2) is 4.79 Å². The number of carbonyl (C=O) groups is 1. The average Bonchev–Trinajstić information content (AvgIpc) is 2.53. The van der Waals surface area contributed by atoms with Crippen LogP contribution in [0.25, 0.3) is 0 Å². The smallest absolute Gasteiger partial charge is 0.335 e. The largest absolute Gasteiger partial charge is 0.496 e. The molecule has 2 rings (SSSR count). The predicted molar refractivity (Wildman–Crippen MR) is 91.2 cm³/mol. The predicted octanol–water partition coefficient (Wildman–Crippen LogP) is 2.60. The minimum atomic E-state index is -0.854. The Bertz CT molecular complexity index is 680. The van der Waals surface area contributed by atoms with Crippen LogP contribution in [0, 0.1) is 6.92 Å². The van der Waals surface area contributed by atoms with Gasteiger partial charge in [-0.3, -0.25) is 0 Å². The molecule has 0 spiro atoms. The zero-order valence-electron chi connectivity index (χ0n) is 13.3. The van der Waals surface area contributed by atoms with Crippen molar-refractivity contribution in [2.24, 2.45) is 0 Å². The summed E-state index contributed by atoms with van der Waals surface area (Å²) in [7, 11) is 2.51. The summed E-state index contributed by atoms with van der Waals surface area (Å²) in [6, 6.07) is 11.7. The molecule has 0 amide bonds. The van der Waals surface area contributed by atoms with E-state index in [1.807, 2.05) is 38.0 Å². The molecule has 0 aliphatic heterocycles. The second-order valence-electron chi connectivity index (χ2n) is 5.39. The van der Waals surface area contributed by atoms with Crippen LogP contribution in [0.1, 0.15) is 27.0 Å². The van der Waals surface area contributed by atoms with Gasteiger partial charge in [0.25, 0.3) is 0 Å². The Balaban J connectivity index is 2.23. The monoisotopic (exact) mass is 296 g/mol. The number of carboxylic acid groups (broad SMARTS) is 1. The first kappa shape index (κ1) is 16.2. The summed E-state index contributed by atoms with van der Waals surface area (Å²) in [5.74, 6) is 0.0185. The lowest BCUT2D eigenvalue weighted by atomic mass is 9.72. The number of hydrogen-bond donors (Lipinski definition) is 1. The highest BCUT2D eigenvalue weighted by Crippen LogP contribution is 2.22. The van der Waals surface area contributed by atoms with Gasteiger partial charge in [0, 0.05) is 0 Å². The molecule has 114 valence electrons. The van der Waals surface area contributed by atoms with Gasteiger partial charge in [0.1, 0.15) is 5.75 Å². The van der Waals surface area contributed by atoms with Gasteiger partial charge in [0.05, 0.1) is 12.7 Å². The quantitative estimate of drug-likeness (QED) is 0.833. The summed E-state index contributed by atoms with van der Waals surface area (Å²) in [6.07, 6.45) is 1.51. The third kappa shape index (κ3) is 3.51. The molecule has 0 fully saturated rings. The number of ether oxygens (including phenoxy) is 1. The summed E-state index contributed by atoms with van der Waals surface area (Å²) in [5, 5.41) is 9.40. The van der Waals surface area contributed by atoms with Crippen molar-refractivity contribution < 1.29 is 14.6 Å². The molecule has 0 saturated heterocycles. The Morgan fingerprint density at radius 3 is 2.55 bits per heavy atom. The second kappa shape index (κ2) is 7.16. The molecule has 4 heteroatoms. The average molecular weight is 296 g/mol. The van der Waals surface area contributed by atoms with E-state index < -0.39 is 5.97 Å². The maximum atomic E-state index is 11.4. The van der Waals surface area contributed by atoms with Gasteiger partial charge < -0.3 is 9.84 Å². The SMILES string of the molecule is CBc1ccc(CCc2cccc(OC)c2C)c(C(=O)O)c1. The van der Waals surface area contributed by atoms with Gasteiger partial charge in [-0.05, 0) is 42.5 Å². The highest BCUT2D eigenvalue weighted by molar-refractivity contribution is 6.52. The zero-order valence-corrected chi connectivity index (χ0v) is 13.3. The van der Waals surface area contributed by atoms with E-state index in [-0.39, 0.29) is 0 Å². The molecule has 2 aromatic rings. The van der Waals surface area contributed by atoms with E-state index in [1.165, 1.54) is 5.56 Å². The summed E-state index contributed by atoms with van der Waals surface area (Å²) >= 11 is 0. The molecular formula is C18H21BO3. The zero-order chi connectivity index (χ0) is 16.1. The van der Waals surface area contributed by atoms with E-state index in [0.717, 1.165) is 36.0 Å². The highest BCUT2D eigenvalue weighted by atomic mass is 16.5. The number of hydrogen-bond acceptors (Lipinski definition) is 2. The van der Waals surface area contributed by atoms with Crippen LogP contribution in [0.4, 0.5) is 0 Å². The number of aryl methyl sites for hydroxylation is 2. The first-order valence-corrected chi connectivity index (χ1v) is 7.54. The normalized spacial score (nSPS) is 10.3. The van der Waals surface area contributed by atoms with Crippen molar-refractivity contribution in [3.63, 3.8) is 0 Å². The molecular weight excluding hydrogens is 275 g/mol. The Morgan fingerprint density at radius 2 is 1.91 bits per heavy atom. The molecule has 0 radical (unpaired) electrons. The molecule has 0 atom stereocenters. The number of carboxylic acids is 1. The first-order valence-electron chi connectivity index (χ1n) is 7.54. The molecule has 0 bridgehead atoms. The fourth-order valence-electron chi connectivity index (χ4n) is 2.68. The Hall–Kier alpha value is -2.23. The number of aromatic carboxylic acids is 1. The lowest BCUT2D eigenvalue weighted by molar-refractivity contribution is 0.0696. The molecule has 0 aromatic heterocycles. The topological polar surface area (TPSA) is 46.5 Å². The molecule has 0 heterocycles. The number of methoxy groups -OCH3 is 1. The van der Waals surface area contributed by atoms with Crippen LogP contribution in [0.3, 0.4) is 0 Å². The van der Waals surface area contributed by atoms with Crippen LogP contribution in [-0.4, -0.2) is 25.5 Å². The Morgan fingerprint density at radius 1 is 1.18 bits per heavy atom. The molecule has 0 unspecified atom stereocenters. The van der Waals surface area contributed by atoms with E-state index >= 15 is 0 Å². The molecule has 0 aliphatic rings. The van der Waals surface area contributed by atoms with Gasteiger partial charge in [-0.1, -0.05) is 42.6 Å². The Kier molecular flexibility index (Phi) is 5.26. The molecule has 0 aliphatic carbocycles. The van der Waals surface area contributed by atoms with Crippen LogP contribution in [0.2, 0.25) is 6.82 Å². The first-order chi connectivity index (χ1) is 10.6. The van der Waals surface area contributed by atoms with Crippen molar-refractivity contribution in [3.05, 3.63) is 58.7 Å². The van der Waals surface area contributed by atoms with E-state index in [0.29, 0.717) is 12.0 Å². The lowest BCUT2D eigenvalue weighted by Gasteiger charge is -2.12. The Labute approximate surface area is 132 Å². The highest BCUT2D eigenvalue weighted by Gasteiger charge is 2.12. The minimum absolute atomic E-state index is 0.417. The maximum Gasteiger partial charge on any atom is 0.335 e. The van der Waals surface area contributed by atoms with Crippen LogP contribution < -0.4 is 10.2 Å². The third-order valence-electron chi connectivity index (χ3n) is 4.09. The van der Waals surface area contributed by atoms with Crippen molar-refractivity contribution in [2.75, 3.05) is 7.11 Å². The number of rotatable bonds is 6. The van der Waals surface area contributed by atoms with Gasteiger partial charge in [-0.15, -0.1) is 0 Å². The van der Waals surface area contributed by atoms with E-state index in [1.54, 1.807) is 13.2 Å². The fourth-order valence-corrected chi connectivity index (χ4v) is 2.68. The van der Waals surface area contributed by atoms with Gasteiger partial charge in [0.2, 0.25) is 0 Å². The van der Waals surface area contributed by atoms with Gasteiger partial charge >= 0.3 is 5.97 Å². The maximum absolute atomic E-state index is 11.4. The van der Waals surface area contributed by atoms with Crippen LogP contribution in [0.5, 0.6) is 5.75 Å². The summed E-state index contributed by atoms with van der Waals surface area (Å²) in [4.78, 5) is 11.4. The van der Waals surface area contributed by atoms with Crippen molar-refractivity contribution in [3.8, 4) is 5.75 Å². The van der Waals surface area contributed by atoms with E-state index in [2.05, 4.69) is 6.07 Å². The van der Waals surface area contributed by atoms with E-state index in [4.69, 9.17) is 4.74 Å². The molecule has 0 saturated carbocycles. The summed E-state index contributed by atoms with van der Waals surface area (Å²) < 4.78 is 5.34. The molecule has 2 aromatic carbocycles. The second-order valence-corrected chi connectivity index (χ2v) is 5.39. The van der Waals surface area contributed by atoms with Crippen LogP contribution in [-0.2, 0) is 12.8 Å². The summed E-state index contributed by atoms with van der Waals surface area (Å²) in [5.41, 5.74) is 4.66. The van der Waals surface area contributed by atoms with Crippen molar-refractivity contribution in [1.29, 1.82) is 0 Å². The molecule has 22 heavy (non-hydrogen) atoms. The molecule has 3 nitrogen and oxygen atoms in total. The van der Waals surface area contributed by atoms with Gasteiger partial charge in [0.15, 0.2) is 7.28 Å². The van der Waals surface area contributed by atoms with E-state index in [9.17, 15) is 9.90 Å². The van der Waals surface area contributed by atoms with Crippen molar-refractivity contribution in [2.45, 2.75) is 26.6 Å². The van der Waals surface area contributed by atoms with Gasteiger partial charge in [-0.2, -0.15) is 0 Å².